The highest BCUT2D eigenvalue weighted by Gasteiger charge is 2.27. The lowest BCUT2D eigenvalue weighted by molar-refractivity contribution is 0.0932. The quantitative estimate of drug-likeness (QED) is 0.893. The molecule has 3 heterocycles. The average molecular weight is 370 g/mol. The second-order valence-electron chi connectivity index (χ2n) is 7.40. The number of carbonyl (C=O) groups is 1. The largest absolute Gasteiger partial charge is 0.493 e. The predicted molar refractivity (Wildman–Crippen MR) is 103 cm³/mol. The summed E-state index contributed by atoms with van der Waals surface area (Å²) in [4.78, 5) is 19.5. The number of hydrogen-bond acceptors (Lipinski definition) is 5. The molecule has 1 N–H and O–H groups in total. The molecule has 1 saturated heterocycles. The number of aryl methyl sites for hydroxylation is 1. The highest BCUT2D eigenvalue weighted by Crippen LogP contribution is 2.39. The first kappa shape index (κ1) is 17.7. The number of methoxy groups -OCH3 is 1. The van der Waals surface area contributed by atoms with Gasteiger partial charge in [0.25, 0.3) is 5.91 Å². The van der Waals surface area contributed by atoms with Crippen LogP contribution in [0.4, 0.5) is 5.95 Å². The standard InChI is InChI=1S/C20H26N4O3/c1-13-9-14-10-15(11-17(26-3)18(14)27-13)19(25)22-16-5-4-7-24(12-16)20-21-6-8-23(20)2/h6,8,10-11,13,16H,4-5,7,9,12H2,1-3H3,(H,22,25). The minimum atomic E-state index is -0.0673. The first-order chi connectivity index (χ1) is 13.0. The number of carbonyl (C=O) groups excluding carboxylic acids is 1. The third-order valence-electron chi connectivity index (χ3n) is 5.28. The Bertz CT molecular complexity index is 848. The van der Waals surface area contributed by atoms with Gasteiger partial charge in [-0.15, -0.1) is 0 Å². The fourth-order valence-corrected chi connectivity index (χ4v) is 3.99. The van der Waals surface area contributed by atoms with Crippen molar-refractivity contribution < 1.29 is 14.3 Å². The Hall–Kier alpha value is -2.70. The molecule has 1 aromatic carbocycles. The van der Waals surface area contributed by atoms with Crippen molar-refractivity contribution in [2.24, 2.45) is 7.05 Å². The van der Waals surface area contributed by atoms with E-state index in [1.807, 2.05) is 30.8 Å². The van der Waals surface area contributed by atoms with Crippen LogP contribution in [-0.2, 0) is 13.5 Å². The first-order valence-corrected chi connectivity index (χ1v) is 9.46. The minimum absolute atomic E-state index is 0.0673. The number of nitrogens with one attached hydrogen (secondary N) is 1. The van der Waals surface area contributed by atoms with Crippen LogP contribution in [-0.4, -0.2) is 47.8 Å². The number of piperidine rings is 1. The molecular formula is C20H26N4O3. The molecule has 1 aromatic heterocycles. The van der Waals surface area contributed by atoms with Crippen LogP contribution in [0.3, 0.4) is 0 Å². The summed E-state index contributed by atoms with van der Waals surface area (Å²) in [6.07, 6.45) is 6.64. The lowest BCUT2D eigenvalue weighted by Crippen LogP contribution is -2.48. The molecule has 1 amide bonds. The summed E-state index contributed by atoms with van der Waals surface area (Å²) in [7, 11) is 3.60. The highest BCUT2D eigenvalue weighted by atomic mass is 16.5. The van der Waals surface area contributed by atoms with Gasteiger partial charge in [-0.05, 0) is 31.9 Å². The van der Waals surface area contributed by atoms with Crippen molar-refractivity contribution >= 4 is 11.9 Å². The fraction of sp³-hybridized carbons (Fsp3) is 0.500. The maximum Gasteiger partial charge on any atom is 0.251 e. The Labute approximate surface area is 159 Å². The van der Waals surface area contributed by atoms with E-state index in [9.17, 15) is 4.79 Å². The van der Waals surface area contributed by atoms with Crippen LogP contribution in [0, 0.1) is 0 Å². The molecule has 2 aliphatic heterocycles. The van der Waals surface area contributed by atoms with Crippen molar-refractivity contribution in [1.29, 1.82) is 0 Å². The summed E-state index contributed by atoms with van der Waals surface area (Å²) in [5, 5.41) is 3.19. The van der Waals surface area contributed by atoms with Crippen LogP contribution in [0.25, 0.3) is 0 Å². The molecule has 2 aliphatic rings. The van der Waals surface area contributed by atoms with E-state index < -0.39 is 0 Å². The molecule has 27 heavy (non-hydrogen) atoms. The van der Waals surface area contributed by atoms with Crippen LogP contribution in [0.1, 0.15) is 35.7 Å². The number of anilines is 1. The molecule has 7 nitrogen and oxygen atoms in total. The zero-order valence-electron chi connectivity index (χ0n) is 16.1. The molecule has 0 spiro atoms. The highest BCUT2D eigenvalue weighted by molar-refractivity contribution is 5.95. The van der Waals surface area contributed by atoms with Gasteiger partial charge in [-0.1, -0.05) is 0 Å². The number of amides is 1. The topological polar surface area (TPSA) is 68.6 Å². The van der Waals surface area contributed by atoms with E-state index in [0.29, 0.717) is 11.3 Å². The van der Waals surface area contributed by atoms with Crippen LogP contribution >= 0.6 is 0 Å². The molecule has 1 fully saturated rings. The van der Waals surface area contributed by atoms with Crippen molar-refractivity contribution in [2.45, 2.75) is 38.3 Å². The predicted octanol–water partition coefficient (Wildman–Crippen LogP) is 2.15. The van der Waals surface area contributed by atoms with Crippen molar-refractivity contribution in [1.82, 2.24) is 14.9 Å². The molecule has 144 valence electrons. The monoisotopic (exact) mass is 370 g/mol. The molecule has 0 bridgehead atoms. The summed E-state index contributed by atoms with van der Waals surface area (Å²) in [6, 6.07) is 3.79. The zero-order chi connectivity index (χ0) is 19.0. The second kappa shape index (κ2) is 7.13. The van der Waals surface area contributed by atoms with E-state index >= 15 is 0 Å². The number of imidazole rings is 1. The van der Waals surface area contributed by atoms with Gasteiger partial charge in [-0.25, -0.2) is 4.98 Å². The Morgan fingerprint density at radius 2 is 2.26 bits per heavy atom. The summed E-state index contributed by atoms with van der Waals surface area (Å²) in [5.74, 6) is 2.27. The van der Waals surface area contributed by atoms with E-state index in [2.05, 4.69) is 15.2 Å². The van der Waals surface area contributed by atoms with Gasteiger partial charge in [0.05, 0.1) is 7.11 Å². The summed E-state index contributed by atoms with van der Waals surface area (Å²) < 4.78 is 13.3. The lowest BCUT2D eigenvalue weighted by atomic mass is 10.0. The van der Waals surface area contributed by atoms with Crippen LogP contribution < -0.4 is 19.7 Å². The van der Waals surface area contributed by atoms with Crippen molar-refractivity contribution in [2.75, 3.05) is 25.1 Å². The van der Waals surface area contributed by atoms with Crippen molar-refractivity contribution in [3.05, 3.63) is 35.7 Å². The van der Waals surface area contributed by atoms with Gasteiger partial charge < -0.3 is 24.3 Å². The van der Waals surface area contributed by atoms with Gasteiger partial charge in [0, 0.05) is 56.1 Å². The molecule has 0 radical (unpaired) electrons. The molecule has 2 atom stereocenters. The van der Waals surface area contributed by atoms with Gasteiger partial charge in [-0.2, -0.15) is 0 Å². The number of hydrogen-bond donors (Lipinski definition) is 1. The van der Waals surface area contributed by atoms with Crippen LogP contribution in [0.15, 0.2) is 24.5 Å². The van der Waals surface area contributed by atoms with E-state index in [4.69, 9.17) is 9.47 Å². The molecule has 0 aliphatic carbocycles. The van der Waals surface area contributed by atoms with Gasteiger partial charge in [-0.3, -0.25) is 4.79 Å². The number of nitrogens with zero attached hydrogens (tertiary/aromatic N) is 3. The summed E-state index contributed by atoms with van der Waals surface area (Å²) >= 11 is 0. The number of benzene rings is 1. The normalized spacial score (nSPS) is 21.5. The number of aromatic nitrogens is 2. The summed E-state index contributed by atoms with van der Waals surface area (Å²) in [6.45, 7) is 3.74. The molecule has 4 rings (SSSR count). The van der Waals surface area contributed by atoms with E-state index in [1.165, 1.54) is 0 Å². The molecule has 2 aromatic rings. The number of fused-ring (bicyclic) bond motifs is 1. The van der Waals surface area contributed by atoms with E-state index in [1.54, 1.807) is 19.4 Å². The Kier molecular flexibility index (Phi) is 4.68. The van der Waals surface area contributed by atoms with Crippen molar-refractivity contribution in [3.63, 3.8) is 0 Å². The Morgan fingerprint density at radius 3 is 3.00 bits per heavy atom. The van der Waals surface area contributed by atoms with Crippen LogP contribution in [0.2, 0.25) is 0 Å². The Morgan fingerprint density at radius 1 is 1.41 bits per heavy atom. The van der Waals surface area contributed by atoms with Gasteiger partial charge in [0.2, 0.25) is 5.95 Å². The lowest BCUT2D eigenvalue weighted by Gasteiger charge is -2.33. The fourth-order valence-electron chi connectivity index (χ4n) is 3.99. The molecule has 2 unspecified atom stereocenters. The smallest absolute Gasteiger partial charge is 0.251 e. The maximum absolute atomic E-state index is 12.9. The molecule has 7 heteroatoms. The second-order valence-corrected chi connectivity index (χ2v) is 7.40. The Balaban J connectivity index is 1.48. The maximum atomic E-state index is 12.9. The average Bonchev–Trinajstić information content (AvgIpc) is 3.25. The SMILES string of the molecule is COc1cc(C(=O)NC2CCCN(c3nccn3C)C2)cc2c1OC(C)C2. The van der Waals surface area contributed by atoms with E-state index in [0.717, 1.165) is 49.6 Å². The van der Waals surface area contributed by atoms with Crippen LogP contribution in [0.5, 0.6) is 11.5 Å². The zero-order valence-corrected chi connectivity index (χ0v) is 16.1. The number of rotatable bonds is 4. The molecule has 0 saturated carbocycles. The van der Waals surface area contributed by atoms with Gasteiger partial charge in [0.15, 0.2) is 11.5 Å². The first-order valence-electron chi connectivity index (χ1n) is 9.46. The third kappa shape index (κ3) is 3.46. The van der Waals surface area contributed by atoms with E-state index in [-0.39, 0.29) is 18.1 Å². The van der Waals surface area contributed by atoms with Gasteiger partial charge >= 0.3 is 0 Å². The number of ether oxygens (including phenoxy) is 2. The summed E-state index contributed by atoms with van der Waals surface area (Å²) in [5.41, 5.74) is 1.66. The third-order valence-corrected chi connectivity index (χ3v) is 5.28. The molecular weight excluding hydrogens is 344 g/mol. The van der Waals surface area contributed by atoms with Gasteiger partial charge in [0.1, 0.15) is 6.10 Å². The van der Waals surface area contributed by atoms with Crippen molar-refractivity contribution in [3.8, 4) is 11.5 Å². The minimum Gasteiger partial charge on any atom is -0.493 e.